The molecule has 2 fully saturated rings. The van der Waals surface area contributed by atoms with Crippen LogP contribution in [0.1, 0.15) is 33.1 Å². The van der Waals surface area contributed by atoms with Crippen LogP contribution < -0.4 is 11.1 Å². The number of nitrogens with zero attached hydrogens (tertiary/aromatic N) is 1. The van der Waals surface area contributed by atoms with E-state index in [0.717, 1.165) is 19.4 Å². The zero-order valence-corrected chi connectivity index (χ0v) is 11.2. The van der Waals surface area contributed by atoms with Crippen molar-refractivity contribution < 1.29 is 5.11 Å². The summed E-state index contributed by atoms with van der Waals surface area (Å²) >= 11 is 0. The van der Waals surface area contributed by atoms with Gasteiger partial charge in [-0.1, -0.05) is 0 Å². The highest BCUT2D eigenvalue weighted by Crippen LogP contribution is 2.35. The number of piperidine rings is 1. The number of aliphatic hydroxyl groups excluding tert-OH is 1. The van der Waals surface area contributed by atoms with Gasteiger partial charge in [0.05, 0.1) is 6.10 Å². The Morgan fingerprint density at radius 2 is 2.24 bits per heavy atom. The number of aliphatic hydroxyl groups is 1. The summed E-state index contributed by atoms with van der Waals surface area (Å²) in [4.78, 5) is 2.54. The van der Waals surface area contributed by atoms with Crippen LogP contribution in [0, 0.1) is 5.92 Å². The van der Waals surface area contributed by atoms with Crippen LogP contribution in [-0.4, -0.2) is 53.9 Å². The Morgan fingerprint density at radius 3 is 2.88 bits per heavy atom. The van der Waals surface area contributed by atoms with Gasteiger partial charge in [0.15, 0.2) is 0 Å². The Balaban J connectivity index is 1.99. The summed E-state index contributed by atoms with van der Waals surface area (Å²) in [6.45, 7) is 8.33. The van der Waals surface area contributed by atoms with Crippen LogP contribution in [0.3, 0.4) is 0 Å². The van der Waals surface area contributed by atoms with Crippen molar-refractivity contribution in [2.24, 2.45) is 11.7 Å². The molecule has 0 spiro atoms. The van der Waals surface area contributed by atoms with Crippen LogP contribution in [0.25, 0.3) is 0 Å². The maximum atomic E-state index is 9.46. The van der Waals surface area contributed by atoms with Crippen molar-refractivity contribution >= 4 is 0 Å². The summed E-state index contributed by atoms with van der Waals surface area (Å²) in [6.07, 6.45) is 2.98. The van der Waals surface area contributed by atoms with Crippen molar-refractivity contribution in [3.63, 3.8) is 0 Å². The van der Waals surface area contributed by atoms with Gasteiger partial charge in [0, 0.05) is 24.7 Å². The average Bonchev–Trinajstić information content (AvgIpc) is 2.66. The molecule has 2 bridgehead atoms. The lowest BCUT2D eigenvalue weighted by molar-refractivity contribution is 0.107. The molecule has 0 aromatic rings. The van der Waals surface area contributed by atoms with E-state index in [2.05, 4.69) is 17.1 Å². The van der Waals surface area contributed by atoms with E-state index in [-0.39, 0.29) is 11.6 Å². The average molecular weight is 241 g/mol. The molecule has 2 saturated heterocycles. The Bertz CT molecular complexity index is 259. The van der Waals surface area contributed by atoms with Crippen molar-refractivity contribution in [2.75, 3.05) is 26.2 Å². The van der Waals surface area contributed by atoms with E-state index >= 15 is 0 Å². The van der Waals surface area contributed by atoms with Crippen molar-refractivity contribution in [2.45, 2.75) is 50.8 Å². The Labute approximate surface area is 105 Å². The SMILES string of the molecule is CC(O)CC(C)NC1(CN)CCN2CCC1C2. The molecule has 2 heterocycles. The van der Waals surface area contributed by atoms with Crippen molar-refractivity contribution in [3.8, 4) is 0 Å². The first kappa shape index (κ1) is 13.3. The molecule has 2 aliphatic rings. The number of fused-ring (bicyclic) bond motifs is 2. The summed E-state index contributed by atoms with van der Waals surface area (Å²) in [7, 11) is 0. The van der Waals surface area contributed by atoms with E-state index in [1.54, 1.807) is 0 Å². The molecule has 2 aliphatic heterocycles. The molecule has 100 valence electrons. The minimum Gasteiger partial charge on any atom is -0.393 e. The van der Waals surface area contributed by atoms with Crippen molar-refractivity contribution in [1.29, 1.82) is 0 Å². The fraction of sp³-hybridized carbons (Fsp3) is 1.00. The Hall–Kier alpha value is -0.160. The molecule has 17 heavy (non-hydrogen) atoms. The first-order valence-corrected chi connectivity index (χ1v) is 6.94. The molecule has 0 aromatic carbocycles. The summed E-state index contributed by atoms with van der Waals surface area (Å²) in [5.74, 6) is 0.692. The van der Waals surface area contributed by atoms with Gasteiger partial charge in [-0.05, 0) is 52.1 Å². The fourth-order valence-electron chi connectivity index (χ4n) is 3.63. The second-order valence-electron chi connectivity index (χ2n) is 6.03. The van der Waals surface area contributed by atoms with Crippen LogP contribution in [-0.2, 0) is 0 Å². The van der Waals surface area contributed by atoms with Crippen LogP contribution >= 0.6 is 0 Å². The van der Waals surface area contributed by atoms with Crippen LogP contribution in [0.2, 0.25) is 0 Å². The molecule has 0 aromatic heterocycles. The number of nitrogens with one attached hydrogen (secondary N) is 1. The lowest BCUT2D eigenvalue weighted by Crippen LogP contribution is -2.62. The predicted molar refractivity (Wildman–Crippen MR) is 69.8 cm³/mol. The van der Waals surface area contributed by atoms with E-state index in [4.69, 9.17) is 5.73 Å². The van der Waals surface area contributed by atoms with Crippen LogP contribution in [0.5, 0.6) is 0 Å². The number of hydrogen-bond donors (Lipinski definition) is 3. The molecule has 4 heteroatoms. The van der Waals surface area contributed by atoms with Gasteiger partial charge >= 0.3 is 0 Å². The standard InChI is InChI=1S/C13H27N3O/c1-10(7-11(2)17)15-13(9-14)4-6-16-5-3-12(13)8-16/h10-12,15,17H,3-9,14H2,1-2H3. The third kappa shape index (κ3) is 2.81. The quantitative estimate of drug-likeness (QED) is 0.641. The highest BCUT2D eigenvalue weighted by atomic mass is 16.3. The van der Waals surface area contributed by atoms with Gasteiger partial charge in [-0.3, -0.25) is 0 Å². The third-order valence-electron chi connectivity index (χ3n) is 4.52. The van der Waals surface area contributed by atoms with Gasteiger partial charge in [-0.15, -0.1) is 0 Å². The summed E-state index contributed by atoms with van der Waals surface area (Å²) in [5, 5.41) is 13.2. The molecule has 4 N–H and O–H groups in total. The molecule has 5 unspecified atom stereocenters. The monoisotopic (exact) mass is 241 g/mol. The van der Waals surface area contributed by atoms with Gasteiger partial charge in [-0.2, -0.15) is 0 Å². The maximum absolute atomic E-state index is 9.46. The van der Waals surface area contributed by atoms with E-state index in [1.807, 2.05) is 6.92 Å². The van der Waals surface area contributed by atoms with Crippen LogP contribution in [0.15, 0.2) is 0 Å². The zero-order valence-electron chi connectivity index (χ0n) is 11.2. The van der Waals surface area contributed by atoms with Gasteiger partial charge in [0.1, 0.15) is 0 Å². The predicted octanol–water partition coefficient (Wildman–Crippen LogP) is 0.159. The Kier molecular flexibility index (Phi) is 4.08. The third-order valence-corrected chi connectivity index (χ3v) is 4.52. The molecule has 0 radical (unpaired) electrons. The lowest BCUT2D eigenvalue weighted by Gasteiger charge is -2.45. The van der Waals surface area contributed by atoms with Crippen molar-refractivity contribution in [1.82, 2.24) is 10.2 Å². The molecule has 2 rings (SSSR count). The summed E-state index contributed by atoms with van der Waals surface area (Å²) in [5.41, 5.74) is 6.17. The highest BCUT2D eigenvalue weighted by Gasteiger charge is 2.45. The topological polar surface area (TPSA) is 61.5 Å². The second-order valence-corrected chi connectivity index (χ2v) is 6.03. The van der Waals surface area contributed by atoms with E-state index in [9.17, 15) is 5.11 Å². The number of nitrogens with two attached hydrogens (primary N) is 1. The molecular weight excluding hydrogens is 214 g/mol. The molecule has 0 amide bonds. The number of rotatable bonds is 5. The minimum atomic E-state index is -0.240. The van der Waals surface area contributed by atoms with E-state index in [1.165, 1.54) is 26.1 Å². The number of hydrogen-bond acceptors (Lipinski definition) is 4. The smallest absolute Gasteiger partial charge is 0.0526 e. The molecular formula is C13H27N3O. The summed E-state index contributed by atoms with van der Waals surface area (Å²) < 4.78 is 0. The van der Waals surface area contributed by atoms with Gasteiger partial charge < -0.3 is 21.1 Å². The van der Waals surface area contributed by atoms with Gasteiger partial charge in [0.25, 0.3) is 0 Å². The zero-order chi connectivity index (χ0) is 12.5. The largest absolute Gasteiger partial charge is 0.393 e. The first-order valence-electron chi connectivity index (χ1n) is 6.94. The molecule has 5 atom stereocenters. The molecule has 0 aliphatic carbocycles. The Morgan fingerprint density at radius 1 is 1.47 bits per heavy atom. The normalized spacial score (nSPS) is 40.2. The minimum absolute atomic E-state index is 0.112. The second kappa shape index (κ2) is 5.22. The maximum Gasteiger partial charge on any atom is 0.0526 e. The van der Waals surface area contributed by atoms with E-state index in [0.29, 0.717) is 12.0 Å². The van der Waals surface area contributed by atoms with Gasteiger partial charge in [-0.25, -0.2) is 0 Å². The first-order chi connectivity index (χ1) is 8.05. The lowest BCUT2D eigenvalue weighted by atomic mass is 9.78. The highest BCUT2D eigenvalue weighted by molar-refractivity contribution is 5.04. The van der Waals surface area contributed by atoms with Crippen LogP contribution in [0.4, 0.5) is 0 Å². The van der Waals surface area contributed by atoms with Crippen molar-refractivity contribution in [3.05, 3.63) is 0 Å². The molecule has 0 saturated carbocycles. The van der Waals surface area contributed by atoms with Gasteiger partial charge in [0.2, 0.25) is 0 Å². The molecule has 4 nitrogen and oxygen atoms in total. The fourth-order valence-corrected chi connectivity index (χ4v) is 3.63. The van der Waals surface area contributed by atoms with E-state index < -0.39 is 0 Å². The summed E-state index contributed by atoms with van der Waals surface area (Å²) in [6, 6.07) is 0.339.